The average molecular weight is 351 g/mol. The van der Waals surface area contributed by atoms with E-state index in [2.05, 4.69) is 46.6 Å². The normalized spacial score (nSPS) is 11.9. The molecule has 0 amide bonds. The number of halogens is 1. The van der Waals surface area contributed by atoms with Crippen LogP contribution < -0.4 is 10.0 Å². The predicted octanol–water partition coefficient (Wildman–Crippen LogP) is -0.247. The number of nitrogens with zero attached hydrogens (tertiary/aromatic N) is 3. The van der Waals surface area contributed by atoms with E-state index in [1.54, 1.807) is 7.05 Å². The van der Waals surface area contributed by atoms with Crippen LogP contribution in [0.25, 0.3) is 0 Å². The number of aromatic amines is 1. The fourth-order valence-corrected chi connectivity index (χ4v) is 3.31. The monoisotopic (exact) mass is 350 g/mol. The Morgan fingerprint density at radius 2 is 2.26 bits per heavy atom. The van der Waals surface area contributed by atoms with Crippen LogP contribution in [0.4, 0.5) is 0 Å². The lowest BCUT2D eigenvalue weighted by atomic mass is 10.4. The van der Waals surface area contributed by atoms with Gasteiger partial charge in [0, 0.05) is 6.07 Å². The van der Waals surface area contributed by atoms with Gasteiger partial charge in [-0.25, -0.2) is 13.1 Å². The van der Waals surface area contributed by atoms with Gasteiger partial charge in [0.15, 0.2) is 10.5 Å². The van der Waals surface area contributed by atoms with Crippen molar-refractivity contribution in [3.8, 4) is 0 Å². The summed E-state index contributed by atoms with van der Waals surface area (Å²) in [7, 11) is -1.97. The van der Waals surface area contributed by atoms with Crippen LogP contribution in [-0.2, 0) is 23.1 Å². The highest BCUT2D eigenvalue weighted by atomic mass is 79.9. The molecule has 0 atom stereocenters. The first-order valence-electron chi connectivity index (χ1n) is 5.17. The van der Waals surface area contributed by atoms with E-state index in [-0.39, 0.29) is 21.9 Å². The number of nitrogens with one attached hydrogen (secondary N) is 3. The molecule has 3 N–H and O–H groups in total. The Labute approximate surface area is 117 Å². The van der Waals surface area contributed by atoms with Crippen LogP contribution in [0, 0.1) is 0 Å². The number of hydrogen-bond acceptors (Lipinski definition) is 7. The smallest absolute Gasteiger partial charge is 0.245 e. The summed E-state index contributed by atoms with van der Waals surface area (Å²) in [5, 5.41) is 15.7. The molecule has 104 valence electrons. The fraction of sp³-hybridized carbons (Fsp3) is 0.375. The van der Waals surface area contributed by atoms with Gasteiger partial charge in [-0.05, 0) is 23.0 Å². The third-order valence-corrected chi connectivity index (χ3v) is 4.41. The molecule has 2 heterocycles. The second-order valence-corrected chi connectivity index (χ2v) is 5.99. The molecule has 0 spiro atoms. The number of H-pyrrole nitrogens is 1. The second-order valence-electron chi connectivity index (χ2n) is 3.53. The third kappa shape index (κ3) is 3.37. The van der Waals surface area contributed by atoms with E-state index >= 15 is 0 Å². The van der Waals surface area contributed by atoms with Crippen LogP contribution in [0.1, 0.15) is 11.6 Å². The van der Waals surface area contributed by atoms with E-state index in [4.69, 9.17) is 4.42 Å². The summed E-state index contributed by atoms with van der Waals surface area (Å²) >= 11 is 3.08. The molecule has 0 aromatic carbocycles. The molecule has 0 fully saturated rings. The van der Waals surface area contributed by atoms with Gasteiger partial charge >= 0.3 is 0 Å². The molecule has 2 aromatic rings. The van der Waals surface area contributed by atoms with Crippen LogP contribution in [0.15, 0.2) is 20.0 Å². The van der Waals surface area contributed by atoms with Crippen molar-refractivity contribution in [3.63, 3.8) is 0 Å². The van der Waals surface area contributed by atoms with Crippen molar-refractivity contribution in [2.24, 2.45) is 0 Å². The Balaban J connectivity index is 2.14. The summed E-state index contributed by atoms with van der Waals surface area (Å²) in [5.41, 5.74) is 0. The molecular formula is C8H11BrN6O3S. The molecule has 0 aliphatic carbocycles. The van der Waals surface area contributed by atoms with Crippen LogP contribution >= 0.6 is 15.9 Å². The van der Waals surface area contributed by atoms with E-state index in [0.29, 0.717) is 12.3 Å². The van der Waals surface area contributed by atoms with Crippen molar-refractivity contribution in [1.29, 1.82) is 0 Å². The molecule has 0 aliphatic heterocycles. The lowest BCUT2D eigenvalue weighted by molar-refractivity contribution is 0.470. The van der Waals surface area contributed by atoms with Crippen LogP contribution in [-0.4, -0.2) is 36.1 Å². The molecule has 0 radical (unpaired) electrons. The molecule has 19 heavy (non-hydrogen) atoms. The lowest BCUT2D eigenvalue weighted by Crippen LogP contribution is -2.23. The van der Waals surface area contributed by atoms with Gasteiger partial charge in [0.1, 0.15) is 10.7 Å². The van der Waals surface area contributed by atoms with Crippen LogP contribution in [0.3, 0.4) is 0 Å². The Morgan fingerprint density at radius 3 is 2.89 bits per heavy atom. The van der Waals surface area contributed by atoms with Gasteiger partial charge in [-0.2, -0.15) is 5.21 Å². The summed E-state index contributed by atoms with van der Waals surface area (Å²) in [4.78, 5) is 0.0289. The van der Waals surface area contributed by atoms with Gasteiger partial charge in [0.25, 0.3) is 0 Å². The van der Waals surface area contributed by atoms with Crippen molar-refractivity contribution in [2.75, 3.05) is 7.05 Å². The molecule has 2 rings (SSSR count). The van der Waals surface area contributed by atoms with Crippen LogP contribution in [0.2, 0.25) is 0 Å². The van der Waals surface area contributed by atoms with Crippen molar-refractivity contribution >= 4 is 26.0 Å². The largest absolute Gasteiger partial charge is 0.452 e. The molecule has 2 aromatic heterocycles. The van der Waals surface area contributed by atoms with Gasteiger partial charge in [0.05, 0.1) is 13.1 Å². The van der Waals surface area contributed by atoms with Crippen molar-refractivity contribution in [1.82, 2.24) is 30.7 Å². The Hall–Kier alpha value is -1.30. The highest BCUT2D eigenvalue weighted by Crippen LogP contribution is 2.26. The van der Waals surface area contributed by atoms with Crippen molar-refractivity contribution in [3.05, 3.63) is 22.3 Å². The summed E-state index contributed by atoms with van der Waals surface area (Å²) in [6.07, 6.45) is 0. The molecule has 0 saturated carbocycles. The zero-order chi connectivity index (χ0) is 13.9. The summed E-state index contributed by atoms with van der Waals surface area (Å²) in [6.45, 7) is 0.372. The molecule has 0 saturated heterocycles. The van der Waals surface area contributed by atoms with Crippen LogP contribution in [0.5, 0.6) is 0 Å². The number of tetrazole rings is 1. The Kier molecular flexibility index (Phi) is 4.29. The maximum absolute atomic E-state index is 12.1. The van der Waals surface area contributed by atoms with Gasteiger partial charge in [-0.15, -0.1) is 10.2 Å². The number of rotatable bonds is 6. The highest BCUT2D eigenvalue weighted by Gasteiger charge is 2.22. The quantitative estimate of drug-likeness (QED) is 0.655. The van der Waals surface area contributed by atoms with Gasteiger partial charge in [-0.3, -0.25) is 0 Å². The van der Waals surface area contributed by atoms with E-state index < -0.39 is 10.0 Å². The topological polar surface area (TPSA) is 126 Å². The second kappa shape index (κ2) is 5.77. The standard InChI is InChI=1S/C8H11BrN6O3S/c1-10-3-5-2-6(8(9)18-5)19(16,17)11-4-7-12-14-15-13-7/h2,10-11H,3-4H2,1H3,(H,12,13,14,15). The first-order valence-corrected chi connectivity index (χ1v) is 7.45. The first kappa shape index (κ1) is 14.1. The van der Waals surface area contributed by atoms with Gasteiger partial charge in [-0.1, -0.05) is 5.21 Å². The summed E-state index contributed by atoms with van der Waals surface area (Å²) in [5.74, 6) is 0.757. The zero-order valence-corrected chi connectivity index (χ0v) is 12.2. The number of furan rings is 1. The number of hydrogen-bond donors (Lipinski definition) is 3. The molecule has 0 bridgehead atoms. The minimum Gasteiger partial charge on any atom is -0.452 e. The molecule has 0 aliphatic rings. The molecule has 0 unspecified atom stereocenters. The van der Waals surface area contributed by atoms with E-state index in [0.717, 1.165) is 0 Å². The summed E-state index contributed by atoms with van der Waals surface area (Å²) in [6, 6.07) is 1.44. The van der Waals surface area contributed by atoms with Gasteiger partial charge in [0.2, 0.25) is 10.0 Å². The zero-order valence-electron chi connectivity index (χ0n) is 9.84. The van der Waals surface area contributed by atoms with E-state index in [1.807, 2.05) is 0 Å². The van der Waals surface area contributed by atoms with Gasteiger partial charge < -0.3 is 9.73 Å². The molecule has 11 heteroatoms. The summed E-state index contributed by atoms with van der Waals surface area (Å²) < 4.78 is 31.9. The minimum absolute atomic E-state index is 0.0289. The minimum atomic E-state index is -3.70. The third-order valence-electron chi connectivity index (χ3n) is 2.16. The SMILES string of the molecule is CNCc1cc(S(=O)(=O)NCc2nn[nH]n2)c(Br)o1. The maximum Gasteiger partial charge on any atom is 0.245 e. The maximum atomic E-state index is 12.1. The average Bonchev–Trinajstić information content (AvgIpc) is 2.97. The molecule has 9 nitrogen and oxygen atoms in total. The molecular weight excluding hydrogens is 340 g/mol. The Morgan fingerprint density at radius 1 is 1.47 bits per heavy atom. The highest BCUT2D eigenvalue weighted by molar-refractivity contribution is 9.10. The Bertz CT molecular complexity index is 637. The van der Waals surface area contributed by atoms with Crippen molar-refractivity contribution in [2.45, 2.75) is 18.0 Å². The predicted molar refractivity (Wildman–Crippen MR) is 67.4 cm³/mol. The fourth-order valence-electron chi connectivity index (χ4n) is 1.34. The van der Waals surface area contributed by atoms with Crippen molar-refractivity contribution < 1.29 is 12.8 Å². The van der Waals surface area contributed by atoms with E-state index in [1.165, 1.54) is 6.07 Å². The van der Waals surface area contributed by atoms with E-state index in [9.17, 15) is 8.42 Å². The number of sulfonamides is 1. The number of aromatic nitrogens is 4. The first-order chi connectivity index (χ1) is 9.03. The lowest BCUT2D eigenvalue weighted by Gasteiger charge is -2.01.